The number of allylic oxidation sites excluding steroid dienone is 2. The van der Waals surface area contributed by atoms with E-state index >= 15 is 0 Å². The largest absolute Gasteiger partial charge is 0.465 e. The summed E-state index contributed by atoms with van der Waals surface area (Å²) in [5, 5.41) is 9.90. The third-order valence-corrected chi connectivity index (χ3v) is 4.47. The molecule has 0 heterocycles. The van der Waals surface area contributed by atoms with Crippen LogP contribution in [0.15, 0.2) is 36.4 Å². The predicted octanol–water partition coefficient (Wildman–Crippen LogP) is 4.29. The standard InChI is InChI=1S/C19H28N2O2/c1-19(2,3)14-10-8-9-12-16(14)21(18(22)23)17-13-7-5-4-6-11-15(17)20/h4-5,8-10,12,15,17H,6-7,11,13,20H2,1-3H3,(H,22,23)/b5-4+. The number of carboxylic acid groups (broad SMARTS) is 1. The number of hydrogen-bond donors (Lipinski definition) is 2. The molecule has 0 saturated carbocycles. The third kappa shape index (κ3) is 4.14. The van der Waals surface area contributed by atoms with E-state index in [0.29, 0.717) is 0 Å². The number of rotatable bonds is 2. The van der Waals surface area contributed by atoms with Crippen molar-refractivity contribution in [3.63, 3.8) is 0 Å². The minimum atomic E-state index is -0.924. The van der Waals surface area contributed by atoms with Gasteiger partial charge in [0.05, 0.1) is 11.7 Å². The fourth-order valence-corrected chi connectivity index (χ4v) is 3.26. The molecule has 126 valence electrons. The average molecular weight is 316 g/mol. The highest BCUT2D eigenvalue weighted by atomic mass is 16.4. The Morgan fingerprint density at radius 3 is 2.39 bits per heavy atom. The summed E-state index contributed by atoms with van der Waals surface area (Å²) >= 11 is 0. The molecule has 1 amide bonds. The van der Waals surface area contributed by atoms with Gasteiger partial charge in [-0.1, -0.05) is 51.1 Å². The van der Waals surface area contributed by atoms with Crippen LogP contribution in [0.5, 0.6) is 0 Å². The van der Waals surface area contributed by atoms with Gasteiger partial charge in [0.2, 0.25) is 0 Å². The molecular formula is C19H28N2O2. The Morgan fingerprint density at radius 2 is 1.78 bits per heavy atom. The normalized spacial score (nSPS) is 23.7. The van der Waals surface area contributed by atoms with Gasteiger partial charge in [-0.05, 0) is 42.7 Å². The molecule has 4 nitrogen and oxygen atoms in total. The lowest BCUT2D eigenvalue weighted by Gasteiger charge is -2.37. The van der Waals surface area contributed by atoms with Crippen molar-refractivity contribution in [2.24, 2.45) is 5.73 Å². The van der Waals surface area contributed by atoms with Crippen molar-refractivity contribution in [3.8, 4) is 0 Å². The van der Waals surface area contributed by atoms with Gasteiger partial charge in [-0.2, -0.15) is 0 Å². The molecule has 23 heavy (non-hydrogen) atoms. The lowest BCUT2D eigenvalue weighted by molar-refractivity contribution is 0.196. The fourth-order valence-electron chi connectivity index (χ4n) is 3.26. The van der Waals surface area contributed by atoms with Crippen LogP contribution in [0.1, 0.15) is 52.0 Å². The van der Waals surface area contributed by atoms with Crippen molar-refractivity contribution in [3.05, 3.63) is 42.0 Å². The van der Waals surface area contributed by atoms with E-state index in [1.165, 1.54) is 4.90 Å². The molecule has 2 atom stereocenters. The molecule has 3 N–H and O–H groups in total. The Labute approximate surface area is 139 Å². The van der Waals surface area contributed by atoms with Gasteiger partial charge in [0, 0.05) is 6.04 Å². The molecule has 0 radical (unpaired) electrons. The molecular weight excluding hydrogens is 288 g/mol. The zero-order valence-electron chi connectivity index (χ0n) is 14.3. The van der Waals surface area contributed by atoms with Crippen molar-refractivity contribution in [2.75, 3.05) is 4.90 Å². The summed E-state index contributed by atoms with van der Waals surface area (Å²) in [7, 11) is 0. The van der Waals surface area contributed by atoms with E-state index in [-0.39, 0.29) is 17.5 Å². The Balaban J connectivity index is 2.47. The molecule has 4 heteroatoms. The summed E-state index contributed by atoms with van der Waals surface area (Å²) in [6, 6.07) is 7.43. The van der Waals surface area contributed by atoms with Crippen molar-refractivity contribution in [1.82, 2.24) is 0 Å². The van der Waals surface area contributed by atoms with Crippen molar-refractivity contribution in [2.45, 2.75) is 64.0 Å². The zero-order chi connectivity index (χ0) is 17.0. The second-order valence-electron chi connectivity index (χ2n) is 7.28. The van der Waals surface area contributed by atoms with Crippen LogP contribution in [-0.2, 0) is 5.41 Å². The maximum Gasteiger partial charge on any atom is 0.412 e. The number of anilines is 1. The Morgan fingerprint density at radius 1 is 1.17 bits per heavy atom. The maximum absolute atomic E-state index is 12.1. The molecule has 0 bridgehead atoms. The first-order valence-corrected chi connectivity index (χ1v) is 8.34. The van der Waals surface area contributed by atoms with Crippen LogP contribution in [0, 0.1) is 0 Å². The Hall–Kier alpha value is -1.81. The summed E-state index contributed by atoms with van der Waals surface area (Å²) in [4.78, 5) is 13.6. The van der Waals surface area contributed by atoms with Crippen molar-refractivity contribution >= 4 is 11.8 Å². The van der Waals surface area contributed by atoms with Gasteiger partial charge in [0.1, 0.15) is 0 Å². The quantitative estimate of drug-likeness (QED) is 0.800. The van der Waals surface area contributed by atoms with E-state index in [1.54, 1.807) is 0 Å². The van der Waals surface area contributed by atoms with E-state index < -0.39 is 6.09 Å². The molecule has 1 aliphatic rings. The molecule has 2 unspecified atom stereocenters. The van der Waals surface area contributed by atoms with Gasteiger partial charge >= 0.3 is 6.09 Å². The summed E-state index contributed by atoms with van der Waals surface area (Å²) < 4.78 is 0. The molecule has 0 aromatic heterocycles. The SMILES string of the molecule is CC(C)(C)c1ccccc1N(C(=O)O)C1CC/C=C/CCC1N. The zero-order valence-corrected chi connectivity index (χ0v) is 14.3. The number of benzene rings is 1. The third-order valence-electron chi connectivity index (χ3n) is 4.47. The van der Waals surface area contributed by atoms with Crippen LogP contribution >= 0.6 is 0 Å². The number of amides is 1. The van der Waals surface area contributed by atoms with Crippen LogP contribution < -0.4 is 10.6 Å². The topological polar surface area (TPSA) is 66.6 Å². The first kappa shape index (κ1) is 17.5. The highest BCUT2D eigenvalue weighted by Gasteiger charge is 2.33. The summed E-state index contributed by atoms with van der Waals surface area (Å²) in [6.45, 7) is 6.31. The summed E-state index contributed by atoms with van der Waals surface area (Å²) in [5.74, 6) is 0. The number of carbonyl (C=O) groups is 1. The van der Waals surface area contributed by atoms with Gasteiger partial charge < -0.3 is 10.8 Å². The van der Waals surface area contributed by atoms with E-state index in [9.17, 15) is 9.90 Å². The summed E-state index contributed by atoms with van der Waals surface area (Å²) in [5.41, 5.74) is 8.01. The lowest BCUT2D eigenvalue weighted by atomic mass is 9.84. The van der Waals surface area contributed by atoms with Gasteiger partial charge in [-0.3, -0.25) is 4.90 Å². The molecule has 1 aromatic carbocycles. The molecule has 0 spiro atoms. The number of nitrogens with two attached hydrogens (primary N) is 1. The molecule has 2 rings (SSSR count). The van der Waals surface area contributed by atoms with Gasteiger partial charge in [0.25, 0.3) is 0 Å². The van der Waals surface area contributed by atoms with Gasteiger partial charge in [-0.15, -0.1) is 0 Å². The van der Waals surface area contributed by atoms with E-state index in [4.69, 9.17) is 5.73 Å². The number of nitrogens with zero attached hydrogens (tertiary/aromatic N) is 1. The molecule has 0 saturated heterocycles. The molecule has 1 aliphatic carbocycles. The molecule has 1 aromatic rings. The van der Waals surface area contributed by atoms with Crippen LogP contribution in [0.2, 0.25) is 0 Å². The van der Waals surface area contributed by atoms with E-state index in [0.717, 1.165) is 36.9 Å². The van der Waals surface area contributed by atoms with E-state index in [1.807, 2.05) is 24.3 Å². The highest BCUT2D eigenvalue weighted by molar-refractivity contribution is 5.88. The fraction of sp³-hybridized carbons (Fsp3) is 0.526. The number of para-hydroxylation sites is 1. The monoisotopic (exact) mass is 316 g/mol. The predicted molar refractivity (Wildman–Crippen MR) is 95.0 cm³/mol. The smallest absolute Gasteiger partial charge is 0.412 e. The first-order valence-electron chi connectivity index (χ1n) is 8.34. The van der Waals surface area contributed by atoms with Crippen molar-refractivity contribution in [1.29, 1.82) is 0 Å². The van der Waals surface area contributed by atoms with Crippen LogP contribution in [0.3, 0.4) is 0 Å². The second kappa shape index (κ2) is 7.18. The van der Waals surface area contributed by atoms with Crippen LogP contribution in [0.25, 0.3) is 0 Å². The Bertz CT molecular complexity index is 575. The van der Waals surface area contributed by atoms with E-state index in [2.05, 4.69) is 32.9 Å². The highest BCUT2D eigenvalue weighted by Crippen LogP contribution is 2.34. The Kier molecular flexibility index (Phi) is 5.47. The summed E-state index contributed by atoms with van der Waals surface area (Å²) in [6.07, 6.45) is 6.68. The van der Waals surface area contributed by atoms with Gasteiger partial charge in [-0.25, -0.2) is 4.79 Å². The molecule has 0 fully saturated rings. The lowest BCUT2D eigenvalue weighted by Crippen LogP contribution is -2.51. The maximum atomic E-state index is 12.1. The van der Waals surface area contributed by atoms with Crippen LogP contribution in [-0.4, -0.2) is 23.3 Å². The molecule has 0 aliphatic heterocycles. The minimum absolute atomic E-state index is 0.129. The van der Waals surface area contributed by atoms with Crippen molar-refractivity contribution < 1.29 is 9.90 Å². The second-order valence-corrected chi connectivity index (χ2v) is 7.28. The van der Waals surface area contributed by atoms with Gasteiger partial charge in [0.15, 0.2) is 0 Å². The van der Waals surface area contributed by atoms with Crippen LogP contribution in [0.4, 0.5) is 10.5 Å². The number of hydrogen-bond acceptors (Lipinski definition) is 2. The first-order chi connectivity index (χ1) is 10.8. The minimum Gasteiger partial charge on any atom is -0.465 e. The average Bonchev–Trinajstić information content (AvgIpc) is 2.46.